The fraction of sp³-hybridized carbons (Fsp3) is 0.211. The number of aryl methyl sites for hydroxylation is 2. The van der Waals surface area contributed by atoms with Crippen LogP contribution in [0.25, 0.3) is 0 Å². The Labute approximate surface area is 160 Å². The number of hydrogen-bond acceptors (Lipinski definition) is 4. The van der Waals surface area contributed by atoms with Gasteiger partial charge in [-0.2, -0.15) is 9.78 Å². The van der Waals surface area contributed by atoms with E-state index in [0.29, 0.717) is 0 Å². The normalized spacial score (nSPS) is 11.3. The smallest absolute Gasteiger partial charge is 0.192 e. The summed E-state index contributed by atoms with van der Waals surface area (Å²) in [5, 5.41) is 13.7. The second kappa shape index (κ2) is 8.45. The number of benzene rings is 2. The Balaban J connectivity index is 1.72. The maximum Gasteiger partial charge on any atom is 0.212 e. The molecule has 6 heteroatoms. The van der Waals surface area contributed by atoms with Crippen molar-refractivity contribution in [2.45, 2.75) is 31.2 Å². The molecule has 1 heterocycles. The topological polar surface area (TPSA) is 43.1 Å². The number of hydrogen-bond donors (Lipinski definition) is 0. The van der Waals surface area contributed by atoms with E-state index < -0.39 is 0 Å². The second-order valence-corrected chi connectivity index (χ2v) is 7.45. The van der Waals surface area contributed by atoms with Crippen molar-refractivity contribution in [3.05, 3.63) is 75.5 Å². The van der Waals surface area contributed by atoms with Crippen LogP contribution in [0.5, 0.6) is 0 Å². The summed E-state index contributed by atoms with van der Waals surface area (Å²) in [6, 6.07) is 16.7. The van der Waals surface area contributed by atoms with Crippen molar-refractivity contribution in [1.82, 2.24) is 14.9 Å². The van der Waals surface area contributed by atoms with Gasteiger partial charge in [0.2, 0.25) is 5.16 Å². The highest BCUT2D eigenvalue weighted by Crippen LogP contribution is 2.22. The molecule has 0 aliphatic carbocycles. The zero-order valence-corrected chi connectivity index (χ0v) is 16.6. The predicted octanol–water partition coefficient (Wildman–Crippen LogP) is 5.09. The fourth-order valence-corrected chi connectivity index (χ4v) is 3.41. The van der Waals surface area contributed by atoms with Crippen LogP contribution in [-0.2, 0) is 12.2 Å². The van der Waals surface area contributed by atoms with E-state index in [-0.39, 0.29) is 0 Å². The molecule has 0 saturated carbocycles. The Kier molecular flexibility index (Phi) is 6.04. The minimum absolute atomic E-state index is 0.778. The zero-order chi connectivity index (χ0) is 17.6. The summed E-state index contributed by atoms with van der Waals surface area (Å²) in [7, 11) is 0. The summed E-state index contributed by atoms with van der Waals surface area (Å²) in [6.07, 6.45) is 2.89. The molecule has 0 spiro atoms. The summed E-state index contributed by atoms with van der Waals surface area (Å²) >= 11 is 5.08. The van der Waals surface area contributed by atoms with Crippen molar-refractivity contribution in [1.29, 1.82) is 0 Å². The molecule has 0 atom stereocenters. The van der Waals surface area contributed by atoms with E-state index in [1.54, 1.807) is 16.4 Å². The molecule has 0 amide bonds. The molecule has 3 aromatic rings. The van der Waals surface area contributed by atoms with Gasteiger partial charge in [-0.15, -0.1) is 10.2 Å². The lowest BCUT2D eigenvalue weighted by Gasteiger charge is -2.03. The first-order valence-corrected chi connectivity index (χ1v) is 9.86. The van der Waals surface area contributed by atoms with Crippen molar-refractivity contribution in [2.75, 3.05) is 0 Å². The maximum absolute atomic E-state index is 4.56. The molecule has 4 nitrogen and oxygen atoms in total. The molecule has 0 fully saturated rings. The molecule has 0 saturated heterocycles. The second-order valence-electron chi connectivity index (χ2n) is 5.60. The number of nitrogens with zero attached hydrogens (tertiary/aromatic N) is 4. The third-order valence-electron chi connectivity index (χ3n) is 3.76. The van der Waals surface area contributed by atoms with Gasteiger partial charge < -0.3 is 0 Å². The summed E-state index contributed by atoms with van der Waals surface area (Å²) in [5.74, 6) is 1.60. The molecule has 0 aliphatic heterocycles. The molecule has 2 aromatic carbocycles. The molecule has 25 heavy (non-hydrogen) atoms. The molecule has 0 N–H and O–H groups in total. The Morgan fingerprint density at radius 1 is 1.04 bits per heavy atom. The van der Waals surface area contributed by atoms with E-state index in [2.05, 4.69) is 74.6 Å². The van der Waals surface area contributed by atoms with Crippen LogP contribution in [0.1, 0.15) is 29.4 Å². The summed E-state index contributed by atoms with van der Waals surface area (Å²) in [5.41, 5.74) is 3.62. The number of halogens is 1. The quantitative estimate of drug-likeness (QED) is 0.416. The van der Waals surface area contributed by atoms with E-state index in [9.17, 15) is 0 Å². The van der Waals surface area contributed by atoms with E-state index in [1.165, 1.54) is 11.1 Å². The zero-order valence-electron chi connectivity index (χ0n) is 14.2. The average molecular weight is 415 g/mol. The SMILES string of the molecule is CCc1ccc(/C=N\n2c(C)nnc2SCc2ccc(Br)cc2)cc1. The van der Waals surface area contributed by atoms with E-state index in [0.717, 1.165) is 33.2 Å². The van der Waals surface area contributed by atoms with Crippen molar-refractivity contribution in [2.24, 2.45) is 5.10 Å². The number of rotatable bonds is 6. The minimum Gasteiger partial charge on any atom is -0.192 e. The van der Waals surface area contributed by atoms with Gasteiger partial charge in [0.1, 0.15) is 0 Å². The van der Waals surface area contributed by atoms with E-state index >= 15 is 0 Å². The van der Waals surface area contributed by atoms with Crippen molar-refractivity contribution in [3.8, 4) is 0 Å². The van der Waals surface area contributed by atoms with Crippen LogP contribution < -0.4 is 0 Å². The first kappa shape index (κ1) is 17.9. The van der Waals surface area contributed by atoms with Gasteiger partial charge in [-0.25, -0.2) is 0 Å². The largest absolute Gasteiger partial charge is 0.212 e. The van der Waals surface area contributed by atoms with Crippen LogP contribution in [-0.4, -0.2) is 21.1 Å². The first-order valence-electron chi connectivity index (χ1n) is 8.08. The lowest BCUT2D eigenvalue weighted by Crippen LogP contribution is -1.96. The van der Waals surface area contributed by atoms with Crippen molar-refractivity contribution >= 4 is 33.9 Å². The summed E-state index contributed by atoms with van der Waals surface area (Å²) in [6.45, 7) is 4.06. The van der Waals surface area contributed by atoms with Crippen LogP contribution in [0.3, 0.4) is 0 Å². The van der Waals surface area contributed by atoms with Gasteiger partial charge in [-0.1, -0.05) is 71.0 Å². The fourth-order valence-electron chi connectivity index (χ4n) is 2.25. The Hall–Kier alpha value is -1.92. The highest BCUT2D eigenvalue weighted by Gasteiger charge is 2.08. The number of thioether (sulfide) groups is 1. The van der Waals surface area contributed by atoms with Crippen molar-refractivity contribution in [3.63, 3.8) is 0 Å². The molecule has 0 unspecified atom stereocenters. The van der Waals surface area contributed by atoms with Gasteiger partial charge in [-0.3, -0.25) is 0 Å². The predicted molar refractivity (Wildman–Crippen MR) is 107 cm³/mol. The van der Waals surface area contributed by atoms with Crippen LogP contribution >= 0.6 is 27.7 Å². The molecule has 0 radical (unpaired) electrons. The van der Waals surface area contributed by atoms with Crippen LogP contribution in [0.15, 0.2) is 63.3 Å². The molecular formula is C19H19BrN4S. The molecule has 128 valence electrons. The van der Waals surface area contributed by atoms with E-state index in [1.807, 2.05) is 25.3 Å². The Morgan fingerprint density at radius 3 is 2.40 bits per heavy atom. The Bertz CT molecular complexity index is 854. The van der Waals surface area contributed by atoms with Gasteiger partial charge >= 0.3 is 0 Å². The van der Waals surface area contributed by atoms with Crippen LogP contribution in [0.2, 0.25) is 0 Å². The number of aromatic nitrogens is 3. The third-order valence-corrected chi connectivity index (χ3v) is 5.28. The van der Waals surface area contributed by atoms with Crippen LogP contribution in [0.4, 0.5) is 0 Å². The highest BCUT2D eigenvalue weighted by atomic mass is 79.9. The minimum atomic E-state index is 0.778. The maximum atomic E-state index is 4.56. The first-order chi connectivity index (χ1) is 12.2. The summed E-state index contributed by atoms with van der Waals surface area (Å²) in [4.78, 5) is 0. The Morgan fingerprint density at radius 2 is 1.72 bits per heavy atom. The molecule has 3 rings (SSSR count). The van der Waals surface area contributed by atoms with Gasteiger partial charge in [-0.05, 0) is 42.2 Å². The van der Waals surface area contributed by atoms with Gasteiger partial charge in [0, 0.05) is 10.2 Å². The third kappa shape index (κ3) is 4.80. The van der Waals surface area contributed by atoms with E-state index in [4.69, 9.17) is 0 Å². The van der Waals surface area contributed by atoms with Gasteiger partial charge in [0.15, 0.2) is 5.82 Å². The standard InChI is InChI=1S/C19H19BrN4S/c1-3-15-4-6-16(7-5-15)12-21-24-14(2)22-23-19(24)25-13-17-8-10-18(20)11-9-17/h4-12H,3,13H2,1-2H3/b21-12-. The average Bonchev–Trinajstić information content (AvgIpc) is 2.99. The molecule has 1 aromatic heterocycles. The summed E-state index contributed by atoms with van der Waals surface area (Å²) < 4.78 is 2.87. The molecule has 0 aliphatic rings. The van der Waals surface area contributed by atoms with Crippen molar-refractivity contribution < 1.29 is 0 Å². The lowest BCUT2D eigenvalue weighted by molar-refractivity contribution is 0.744. The highest BCUT2D eigenvalue weighted by molar-refractivity contribution is 9.10. The van der Waals surface area contributed by atoms with Crippen LogP contribution in [0, 0.1) is 6.92 Å². The lowest BCUT2D eigenvalue weighted by atomic mass is 10.1. The van der Waals surface area contributed by atoms with Gasteiger partial charge in [0.25, 0.3) is 0 Å². The van der Waals surface area contributed by atoms with Gasteiger partial charge in [0.05, 0.1) is 6.21 Å². The molecule has 0 bridgehead atoms. The molecular weight excluding hydrogens is 396 g/mol. The monoisotopic (exact) mass is 414 g/mol.